The largest absolute Gasteiger partial charge is 0.444 e. The van der Waals surface area contributed by atoms with Crippen molar-refractivity contribution < 1.29 is 9.53 Å². The van der Waals surface area contributed by atoms with Crippen molar-refractivity contribution >= 4 is 43.6 Å². The summed E-state index contributed by atoms with van der Waals surface area (Å²) in [6, 6.07) is 5.96. The Bertz CT molecular complexity index is 991. The second-order valence-corrected chi connectivity index (χ2v) is 9.59. The van der Waals surface area contributed by atoms with Crippen molar-refractivity contribution in [2.24, 2.45) is 0 Å². The fourth-order valence-corrected chi connectivity index (χ4v) is 4.70. The molecule has 1 aliphatic heterocycles. The lowest BCUT2D eigenvalue weighted by molar-refractivity contribution is 0.0219. The molecule has 27 heavy (non-hydrogen) atoms. The van der Waals surface area contributed by atoms with Gasteiger partial charge in [-0.25, -0.2) is 14.8 Å². The average Bonchev–Trinajstić information content (AvgIpc) is 3.30. The van der Waals surface area contributed by atoms with Gasteiger partial charge in [0.25, 0.3) is 0 Å². The minimum absolute atomic E-state index is 0.0860. The molecule has 1 saturated heterocycles. The van der Waals surface area contributed by atoms with E-state index in [1.54, 1.807) is 22.4 Å². The van der Waals surface area contributed by atoms with Crippen LogP contribution in [-0.4, -0.2) is 38.1 Å². The van der Waals surface area contributed by atoms with Crippen LogP contribution in [0.15, 0.2) is 28.9 Å². The Morgan fingerprint density at radius 2 is 2.22 bits per heavy atom. The van der Waals surface area contributed by atoms with E-state index in [0.717, 1.165) is 44.1 Å². The topological polar surface area (TPSA) is 71.1 Å². The van der Waals surface area contributed by atoms with Gasteiger partial charge in [0, 0.05) is 11.0 Å². The average molecular weight is 449 g/mol. The van der Waals surface area contributed by atoms with Gasteiger partial charge >= 0.3 is 6.09 Å². The highest BCUT2D eigenvalue weighted by Crippen LogP contribution is 2.35. The van der Waals surface area contributed by atoms with Crippen LogP contribution in [-0.2, 0) is 4.74 Å². The number of likely N-dealkylation sites (tertiary alicyclic amines) is 1. The molecule has 0 radical (unpaired) electrons. The van der Waals surface area contributed by atoms with E-state index in [2.05, 4.69) is 36.9 Å². The van der Waals surface area contributed by atoms with Crippen molar-refractivity contribution in [2.75, 3.05) is 6.54 Å². The molecular formula is C19H21BrN4O2S. The molecule has 0 aliphatic carbocycles. The third-order valence-electron chi connectivity index (χ3n) is 4.37. The van der Waals surface area contributed by atoms with Crippen LogP contribution in [0, 0.1) is 0 Å². The van der Waals surface area contributed by atoms with Crippen molar-refractivity contribution in [3.05, 3.63) is 34.7 Å². The fourth-order valence-electron chi connectivity index (χ4n) is 3.22. The number of halogens is 1. The summed E-state index contributed by atoms with van der Waals surface area (Å²) in [7, 11) is 0. The maximum atomic E-state index is 12.5. The number of hydrogen-bond acceptors (Lipinski definition) is 5. The van der Waals surface area contributed by atoms with E-state index in [1.165, 1.54) is 0 Å². The van der Waals surface area contributed by atoms with Crippen LogP contribution in [0.25, 0.3) is 20.9 Å². The Hall–Kier alpha value is -1.93. The molecule has 1 fully saturated rings. The molecule has 1 unspecified atom stereocenters. The highest BCUT2D eigenvalue weighted by atomic mass is 79.9. The zero-order valence-electron chi connectivity index (χ0n) is 15.5. The second-order valence-electron chi connectivity index (χ2n) is 7.64. The smallest absolute Gasteiger partial charge is 0.410 e. The molecule has 4 rings (SSSR count). The number of H-pyrrole nitrogens is 1. The minimum atomic E-state index is -0.506. The van der Waals surface area contributed by atoms with Gasteiger partial charge in [0.2, 0.25) is 0 Å². The summed E-state index contributed by atoms with van der Waals surface area (Å²) in [4.78, 5) is 26.9. The summed E-state index contributed by atoms with van der Waals surface area (Å²) < 4.78 is 7.70. The number of nitrogens with one attached hydrogen (secondary N) is 1. The molecule has 0 bridgehead atoms. The van der Waals surface area contributed by atoms with Crippen LogP contribution in [0.5, 0.6) is 0 Å². The molecule has 1 atom stereocenters. The number of carbonyl (C=O) groups excluding carboxylic acids is 1. The van der Waals surface area contributed by atoms with Crippen molar-refractivity contribution in [2.45, 2.75) is 45.3 Å². The first-order valence-corrected chi connectivity index (χ1v) is 10.5. The summed E-state index contributed by atoms with van der Waals surface area (Å²) >= 11 is 5.11. The molecule has 3 aromatic rings. The molecule has 2 aromatic heterocycles. The molecule has 8 heteroatoms. The third kappa shape index (κ3) is 3.87. The number of carbonyl (C=O) groups is 1. The number of fused-ring (bicyclic) bond motifs is 1. The van der Waals surface area contributed by atoms with Gasteiger partial charge in [0.05, 0.1) is 28.1 Å². The van der Waals surface area contributed by atoms with Crippen LogP contribution >= 0.6 is 27.3 Å². The van der Waals surface area contributed by atoms with Crippen LogP contribution in [0.1, 0.15) is 45.5 Å². The number of ether oxygens (including phenoxy) is 1. The number of imidazole rings is 1. The predicted octanol–water partition coefficient (Wildman–Crippen LogP) is 5.52. The number of hydrogen-bond donors (Lipinski definition) is 1. The zero-order chi connectivity index (χ0) is 19.2. The van der Waals surface area contributed by atoms with E-state index in [4.69, 9.17) is 4.74 Å². The Morgan fingerprint density at radius 3 is 3.00 bits per heavy atom. The Balaban J connectivity index is 1.58. The van der Waals surface area contributed by atoms with Gasteiger partial charge in [0.15, 0.2) is 0 Å². The number of benzene rings is 1. The number of aromatic amines is 1. The number of thiazole rings is 1. The van der Waals surface area contributed by atoms with E-state index in [9.17, 15) is 4.79 Å². The monoisotopic (exact) mass is 448 g/mol. The van der Waals surface area contributed by atoms with E-state index in [0.29, 0.717) is 6.54 Å². The van der Waals surface area contributed by atoms with E-state index in [-0.39, 0.29) is 12.1 Å². The lowest BCUT2D eigenvalue weighted by Gasteiger charge is -2.27. The predicted molar refractivity (Wildman–Crippen MR) is 110 cm³/mol. The molecule has 3 heterocycles. The maximum absolute atomic E-state index is 12.5. The molecule has 0 saturated carbocycles. The van der Waals surface area contributed by atoms with E-state index < -0.39 is 5.60 Å². The molecule has 142 valence electrons. The van der Waals surface area contributed by atoms with Crippen LogP contribution < -0.4 is 0 Å². The van der Waals surface area contributed by atoms with Gasteiger partial charge in [-0.1, -0.05) is 15.9 Å². The van der Waals surface area contributed by atoms with Crippen LogP contribution in [0.2, 0.25) is 0 Å². The summed E-state index contributed by atoms with van der Waals surface area (Å²) in [5, 5.41) is 0.892. The quantitative estimate of drug-likeness (QED) is 0.559. The molecule has 6 nitrogen and oxygen atoms in total. The SMILES string of the molecule is CC(C)(C)OC(=O)N1CCCC1c1ncc(-c2nc3ccc(Br)cc3s2)[nH]1. The zero-order valence-corrected chi connectivity index (χ0v) is 17.9. The molecule has 1 N–H and O–H groups in total. The number of amides is 1. The highest BCUT2D eigenvalue weighted by molar-refractivity contribution is 9.10. The number of aromatic nitrogens is 3. The highest BCUT2D eigenvalue weighted by Gasteiger charge is 2.34. The second kappa shape index (κ2) is 6.91. The molecule has 1 aromatic carbocycles. The van der Waals surface area contributed by atoms with Gasteiger partial charge in [-0.05, 0) is 51.8 Å². The van der Waals surface area contributed by atoms with Gasteiger partial charge in [-0.3, -0.25) is 4.90 Å². The van der Waals surface area contributed by atoms with Gasteiger partial charge in [-0.2, -0.15) is 0 Å². The van der Waals surface area contributed by atoms with Gasteiger partial charge in [0.1, 0.15) is 16.4 Å². The van der Waals surface area contributed by atoms with Crippen molar-refractivity contribution in [1.29, 1.82) is 0 Å². The third-order valence-corrected chi connectivity index (χ3v) is 5.92. The summed E-state index contributed by atoms with van der Waals surface area (Å²) in [6.07, 6.45) is 3.33. The lowest BCUT2D eigenvalue weighted by atomic mass is 10.2. The van der Waals surface area contributed by atoms with Crippen molar-refractivity contribution in [3.8, 4) is 10.7 Å². The Kier molecular flexibility index (Phi) is 4.71. The first kappa shape index (κ1) is 18.4. The first-order chi connectivity index (χ1) is 12.8. The van der Waals surface area contributed by atoms with Crippen molar-refractivity contribution in [3.63, 3.8) is 0 Å². The van der Waals surface area contributed by atoms with E-state index >= 15 is 0 Å². The Morgan fingerprint density at radius 1 is 1.41 bits per heavy atom. The molecular weight excluding hydrogens is 428 g/mol. The normalized spacial score (nSPS) is 17.6. The Labute approximate surface area is 170 Å². The van der Waals surface area contributed by atoms with E-state index in [1.807, 2.05) is 32.9 Å². The minimum Gasteiger partial charge on any atom is -0.444 e. The molecule has 0 spiro atoms. The number of rotatable bonds is 2. The molecule has 1 amide bonds. The summed E-state index contributed by atoms with van der Waals surface area (Å²) in [5.74, 6) is 0.786. The fraction of sp³-hybridized carbons (Fsp3) is 0.421. The molecule has 1 aliphatic rings. The van der Waals surface area contributed by atoms with Crippen LogP contribution in [0.3, 0.4) is 0 Å². The first-order valence-electron chi connectivity index (χ1n) is 8.91. The van der Waals surface area contributed by atoms with Crippen LogP contribution in [0.4, 0.5) is 4.79 Å². The summed E-state index contributed by atoms with van der Waals surface area (Å²) in [5.41, 5.74) is 1.33. The maximum Gasteiger partial charge on any atom is 0.410 e. The number of nitrogens with zero attached hydrogens (tertiary/aromatic N) is 3. The lowest BCUT2D eigenvalue weighted by Crippen LogP contribution is -2.36. The van der Waals surface area contributed by atoms with Crippen molar-refractivity contribution in [1.82, 2.24) is 19.9 Å². The van der Waals surface area contributed by atoms with Gasteiger partial charge < -0.3 is 9.72 Å². The summed E-state index contributed by atoms with van der Waals surface area (Å²) in [6.45, 7) is 6.33. The standard InChI is InChI=1S/C19H21BrN4O2S/c1-19(2,3)26-18(25)24-8-4-5-14(24)16-21-10-13(22-16)17-23-12-7-6-11(20)9-15(12)27-17/h6-7,9-10,14H,4-5,8H2,1-3H3,(H,21,22). The van der Waals surface area contributed by atoms with Gasteiger partial charge in [-0.15, -0.1) is 11.3 Å².